The van der Waals surface area contributed by atoms with Gasteiger partial charge in [-0.25, -0.2) is 4.79 Å². The number of carbonyl (C=O) groups excluding carboxylic acids is 2. The van der Waals surface area contributed by atoms with Crippen molar-refractivity contribution in [2.45, 2.75) is 25.5 Å². The smallest absolute Gasteiger partial charge is 0.317 e. The number of aromatic nitrogens is 1. The summed E-state index contributed by atoms with van der Waals surface area (Å²) in [5.41, 5.74) is 4.21. The van der Waals surface area contributed by atoms with E-state index in [-0.39, 0.29) is 31.4 Å². The summed E-state index contributed by atoms with van der Waals surface area (Å²) < 4.78 is 0. The molecule has 2 aromatic carbocycles. The molecule has 3 aromatic rings. The minimum absolute atomic E-state index is 0.145. The van der Waals surface area contributed by atoms with Crippen LogP contribution in [0.3, 0.4) is 0 Å². The van der Waals surface area contributed by atoms with Crippen molar-refractivity contribution in [1.29, 1.82) is 0 Å². The molecule has 1 aliphatic rings. The number of para-hydroxylation sites is 1. The molecule has 30 heavy (non-hydrogen) atoms. The molecule has 7 nitrogen and oxygen atoms in total. The topological polar surface area (TPSA) is 97.5 Å². The number of hydrogen-bond acceptors (Lipinski definition) is 3. The molecule has 0 saturated heterocycles. The average molecular weight is 406 g/mol. The first-order chi connectivity index (χ1) is 14.6. The van der Waals surface area contributed by atoms with Crippen LogP contribution in [0.15, 0.2) is 54.6 Å². The fourth-order valence-electron chi connectivity index (χ4n) is 3.85. The molecule has 0 bridgehead atoms. The second-order valence-electron chi connectivity index (χ2n) is 7.51. The lowest BCUT2D eigenvalue weighted by Crippen LogP contribution is -2.43. The molecule has 4 N–H and O–H groups in total. The summed E-state index contributed by atoms with van der Waals surface area (Å²) in [6.45, 7) is 1.58. The van der Waals surface area contributed by atoms with E-state index in [2.05, 4.69) is 21.7 Å². The molecule has 0 radical (unpaired) electrons. The van der Waals surface area contributed by atoms with Gasteiger partial charge in [0.05, 0.1) is 12.6 Å². The highest BCUT2D eigenvalue weighted by molar-refractivity contribution is 5.85. The third kappa shape index (κ3) is 4.46. The monoisotopic (exact) mass is 406 g/mol. The zero-order valence-electron chi connectivity index (χ0n) is 16.7. The zero-order chi connectivity index (χ0) is 20.9. The number of H-pyrrole nitrogens is 1. The minimum Gasteiger partial charge on any atom is -0.387 e. The van der Waals surface area contributed by atoms with Gasteiger partial charge in [0, 0.05) is 42.7 Å². The summed E-state index contributed by atoms with van der Waals surface area (Å²) >= 11 is 0. The van der Waals surface area contributed by atoms with Crippen LogP contribution in [0.1, 0.15) is 29.3 Å². The van der Waals surface area contributed by atoms with E-state index < -0.39 is 6.10 Å². The second-order valence-corrected chi connectivity index (χ2v) is 7.51. The number of amides is 3. The maximum absolute atomic E-state index is 12.5. The Morgan fingerprint density at radius 2 is 1.83 bits per heavy atom. The van der Waals surface area contributed by atoms with Gasteiger partial charge in [0.1, 0.15) is 0 Å². The molecule has 156 valence electrons. The fraction of sp³-hybridized carbons (Fsp3) is 0.304. The third-order valence-electron chi connectivity index (χ3n) is 5.48. The molecular formula is C23H26N4O3. The highest BCUT2D eigenvalue weighted by Gasteiger charge is 2.23. The van der Waals surface area contributed by atoms with Crippen molar-refractivity contribution in [1.82, 2.24) is 20.5 Å². The molecule has 0 unspecified atom stereocenters. The number of fused-ring (bicyclic) bond motifs is 3. The van der Waals surface area contributed by atoms with Crippen molar-refractivity contribution in [3.8, 4) is 0 Å². The van der Waals surface area contributed by atoms with Gasteiger partial charge in [-0.05, 0) is 23.6 Å². The fourth-order valence-corrected chi connectivity index (χ4v) is 3.85. The number of hydrogen-bond donors (Lipinski definition) is 4. The molecule has 0 aliphatic carbocycles. The summed E-state index contributed by atoms with van der Waals surface area (Å²) in [6, 6.07) is 17.2. The Morgan fingerprint density at radius 1 is 1.07 bits per heavy atom. The van der Waals surface area contributed by atoms with Crippen molar-refractivity contribution in [3.05, 3.63) is 71.4 Å². The first kappa shape index (κ1) is 20.0. The molecule has 0 spiro atoms. The maximum Gasteiger partial charge on any atom is 0.317 e. The van der Waals surface area contributed by atoms with Crippen LogP contribution in [-0.2, 0) is 17.8 Å². The summed E-state index contributed by atoms with van der Waals surface area (Å²) in [5, 5.41) is 16.8. The number of aliphatic hydroxyl groups is 1. The molecule has 1 atom stereocenters. The molecule has 1 aliphatic heterocycles. The number of aromatic amines is 1. The summed E-state index contributed by atoms with van der Waals surface area (Å²) in [6.07, 6.45) is 0.229. The molecule has 4 rings (SSSR count). The molecular weight excluding hydrogens is 380 g/mol. The number of nitrogens with zero attached hydrogens (tertiary/aromatic N) is 1. The Kier molecular flexibility index (Phi) is 5.99. The Morgan fingerprint density at radius 3 is 2.67 bits per heavy atom. The Bertz CT molecular complexity index is 1030. The lowest BCUT2D eigenvalue weighted by atomic mass is 10.0. The first-order valence-corrected chi connectivity index (χ1v) is 10.2. The van der Waals surface area contributed by atoms with Crippen molar-refractivity contribution >= 4 is 22.8 Å². The largest absolute Gasteiger partial charge is 0.387 e. The van der Waals surface area contributed by atoms with Crippen LogP contribution in [0, 0.1) is 0 Å². The van der Waals surface area contributed by atoms with E-state index in [0.717, 1.165) is 23.2 Å². The number of benzene rings is 2. The molecule has 2 heterocycles. The number of aliphatic hydroxyl groups excluding tert-OH is 1. The second kappa shape index (κ2) is 9.00. The zero-order valence-corrected chi connectivity index (χ0v) is 16.7. The van der Waals surface area contributed by atoms with Crippen LogP contribution in [-0.4, -0.2) is 46.6 Å². The average Bonchev–Trinajstić information content (AvgIpc) is 3.15. The predicted molar refractivity (Wildman–Crippen MR) is 115 cm³/mol. The lowest BCUT2D eigenvalue weighted by Gasteiger charge is -2.27. The van der Waals surface area contributed by atoms with Gasteiger partial charge < -0.3 is 25.6 Å². The molecule has 7 heteroatoms. The van der Waals surface area contributed by atoms with Crippen LogP contribution in [0.4, 0.5) is 4.79 Å². The van der Waals surface area contributed by atoms with Crippen molar-refractivity contribution < 1.29 is 14.7 Å². The predicted octanol–water partition coefficient (Wildman–Crippen LogP) is 2.48. The van der Waals surface area contributed by atoms with Crippen LogP contribution < -0.4 is 10.6 Å². The highest BCUT2D eigenvalue weighted by atomic mass is 16.3. The number of carbonyl (C=O) groups is 2. The number of rotatable bonds is 6. The molecule has 0 saturated carbocycles. The summed E-state index contributed by atoms with van der Waals surface area (Å²) in [5.74, 6) is -0.207. The van der Waals surface area contributed by atoms with Crippen LogP contribution in [0.5, 0.6) is 0 Å². The van der Waals surface area contributed by atoms with E-state index in [9.17, 15) is 14.7 Å². The van der Waals surface area contributed by atoms with Gasteiger partial charge in [-0.3, -0.25) is 4.79 Å². The SMILES string of the molecule is O=C(CCNC(=O)N1CCc2c([nH]c3ccccc23)C1)NC[C@@H](O)c1ccccc1. The van der Waals surface area contributed by atoms with E-state index >= 15 is 0 Å². The van der Waals surface area contributed by atoms with E-state index in [1.165, 1.54) is 10.9 Å². The van der Waals surface area contributed by atoms with E-state index in [1.807, 2.05) is 48.5 Å². The Balaban J connectivity index is 1.21. The van der Waals surface area contributed by atoms with Crippen molar-refractivity contribution in [2.75, 3.05) is 19.6 Å². The van der Waals surface area contributed by atoms with Crippen molar-refractivity contribution in [3.63, 3.8) is 0 Å². The Labute approximate surface area is 175 Å². The van der Waals surface area contributed by atoms with Gasteiger partial charge in [-0.2, -0.15) is 0 Å². The molecule has 1 aromatic heterocycles. The van der Waals surface area contributed by atoms with Gasteiger partial charge >= 0.3 is 6.03 Å². The normalized spacial score (nSPS) is 14.2. The van der Waals surface area contributed by atoms with Crippen LogP contribution in [0.2, 0.25) is 0 Å². The van der Waals surface area contributed by atoms with Crippen LogP contribution in [0.25, 0.3) is 10.9 Å². The van der Waals surface area contributed by atoms with Crippen molar-refractivity contribution in [2.24, 2.45) is 0 Å². The first-order valence-electron chi connectivity index (χ1n) is 10.2. The highest BCUT2D eigenvalue weighted by Crippen LogP contribution is 2.27. The minimum atomic E-state index is -0.747. The Hall–Kier alpha value is -3.32. The van der Waals surface area contributed by atoms with E-state index in [4.69, 9.17) is 0 Å². The quantitative estimate of drug-likeness (QED) is 0.506. The summed E-state index contributed by atoms with van der Waals surface area (Å²) in [4.78, 5) is 29.7. The van der Waals surface area contributed by atoms with Gasteiger partial charge in [0.2, 0.25) is 5.91 Å². The van der Waals surface area contributed by atoms with Gasteiger partial charge in [0.25, 0.3) is 0 Å². The third-order valence-corrected chi connectivity index (χ3v) is 5.48. The standard InChI is InChI=1S/C23H26N4O3/c28-21(16-6-2-1-3-7-16)14-25-22(29)10-12-24-23(30)27-13-11-18-17-8-4-5-9-19(17)26-20(18)15-27/h1-9,21,26,28H,10-15H2,(H,24,30)(H,25,29)/t21-/m1/s1. The lowest BCUT2D eigenvalue weighted by molar-refractivity contribution is -0.121. The molecule has 3 amide bonds. The van der Waals surface area contributed by atoms with Gasteiger partial charge in [0.15, 0.2) is 0 Å². The molecule has 0 fully saturated rings. The number of nitrogens with one attached hydrogen (secondary N) is 3. The van der Waals surface area contributed by atoms with E-state index in [0.29, 0.717) is 13.1 Å². The van der Waals surface area contributed by atoms with Gasteiger partial charge in [-0.15, -0.1) is 0 Å². The maximum atomic E-state index is 12.5. The number of urea groups is 1. The summed E-state index contributed by atoms with van der Waals surface area (Å²) in [7, 11) is 0. The van der Waals surface area contributed by atoms with Crippen LogP contribution >= 0.6 is 0 Å². The van der Waals surface area contributed by atoms with Gasteiger partial charge in [-0.1, -0.05) is 48.5 Å². The van der Waals surface area contributed by atoms with E-state index in [1.54, 1.807) is 4.90 Å².